The summed E-state index contributed by atoms with van der Waals surface area (Å²) in [7, 11) is 0. The second kappa shape index (κ2) is 5.36. The quantitative estimate of drug-likeness (QED) is 0.632. The second-order valence-electron chi connectivity index (χ2n) is 2.67. The van der Waals surface area contributed by atoms with Crippen molar-refractivity contribution in [3.05, 3.63) is 0 Å². The zero-order valence-corrected chi connectivity index (χ0v) is 8.27. The predicted octanol–water partition coefficient (Wildman–Crippen LogP) is 3.37. The van der Waals surface area contributed by atoms with Crippen molar-refractivity contribution in [1.29, 1.82) is 0 Å². The standard InChI is InChI=1S/C8H16S2/c1-2-5-8-9-6-3-4-7-10-8/h8H,2-7H2,1H3. The van der Waals surface area contributed by atoms with Gasteiger partial charge in [0.25, 0.3) is 0 Å². The van der Waals surface area contributed by atoms with E-state index in [-0.39, 0.29) is 0 Å². The van der Waals surface area contributed by atoms with Crippen LogP contribution >= 0.6 is 23.5 Å². The summed E-state index contributed by atoms with van der Waals surface area (Å²) < 4.78 is 0.924. The van der Waals surface area contributed by atoms with Crippen molar-refractivity contribution in [3.8, 4) is 0 Å². The maximum absolute atomic E-state index is 2.28. The van der Waals surface area contributed by atoms with Crippen LogP contribution < -0.4 is 0 Å². The molecule has 10 heavy (non-hydrogen) atoms. The lowest BCUT2D eigenvalue weighted by Crippen LogP contribution is -1.94. The monoisotopic (exact) mass is 176 g/mol. The van der Waals surface area contributed by atoms with E-state index in [2.05, 4.69) is 30.4 Å². The highest BCUT2D eigenvalue weighted by atomic mass is 32.2. The Morgan fingerprint density at radius 3 is 2.30 bits per heavy atom. The van der Waals surface area contributed by atoms with Crippen LogP contribution in [0.1, 0.15) is 32.6 Å². The average Bonchev–Trinajstić information content (AvgIpc) is 2.17. The van der Waals surface area contributed by atoms with E-state index in [1.807, 2.05) is 0 Å². The lowest BCUT2D eigenvalue weighted by molar-refractivity contribution is 0.871. The molecule has 0 aromatic rings. The SMILES string of the molecule is CCCC1SCCCCS1. The summed E-state index contributed by atoms with van der Waals surface area (Å²) >= 11 is 4.34. The van der Waals surface area contributed by atoms with Gasteiger partial charge in [0.1, 0.15) is 0 Å². The van der Waals surface area contributed by atoms with E-state index in [9.17, 15) is 0 Å². The lowest BCUT2D eigenvalue weighted by Gasteiger charge is -2.10. The van der Waals surface area contributed by atoms with E-state index in [0.717, 1.165) is 4.58 Å². The molecule has 2 heteroatoms. The van der Waals surface area contributed by atoms with Gasteiger partial charge < -0.3 is 0 Å². The largest absolute Gasteiger partial charge is 0.148 e. The van der Waals surface area contributed by atoms with Gasteiger partial charge in [0.15, 0.2) is 0 Å². The molecule has 1 aliphatic heterocycles. The molecule has 0 bridgehead atoms. The van der Waals surface area contributed by atoms with Crippen molar-refractivity contribution in [3.63, 3.8) is 0 Å². The van der Waals surface area contributed by atoms with Gasteiger partial charge in [-0.1, -0.05) is 13.3 Å². The van der Waals surface area contributed by atoms with E-state index in [1.54, 1.807) is 0 Å². The molecule has 0 aliphatic carbocycles. The van der Waals surface area contributed by atoms with Gasteiger partial charge >= 0.3 is 0 Å². The molecule has 0 amide bonds. The predicted molar refractivity (Wildman–Crippen MR) is 52.8 cm³/mol. The minimum absolute atomic E-state index is 0.924. The average molecular weight is 176 g/mol. The van der Waals surface area contributed by atoms with E-state index in [1.165, 1.54) is 37.2 Å². The molecule has 1 heterocycles. The van der Waals surface area contributed by atoms with Crippen molar-refractivity contribution in [1.82, 2.24) is 0 Å². The molecule has 0 radical (unpaired) electrons. The molecule has 0 aromatic carbocycles. The number of thioether (sulfide) groups is 2. The van der Waals surface area contributed by atoms with Gasteiger partial charge in [-0.2, -0.15) is 0 Å². The van der Waals surface area contributed by atoms with Crippen molar-refractivity contribution in [2.75, 3.05) is 11.5 Å². The second-order valence-corrected chi connectivity index (χ2v) is 5.59. The van der Waals surface area contributed by atoms with E-state index in [4.69, 9.17) is 0 Å². The van der Waals surface area contributed by atoms with Crippen LogP contribution in [0.3, 0.4) is 0 Å². The molecule has 60 valence electrons. The summed E-state index contributed by atoms with van der Waals surface area (Å²) in [6.45, 7) is 2.28. The number of hydrogen-bond acceptors (Lipinski definition) is 2. The summed E-state index contributed by atoms with van der Waals surface area (Å²) in [5.41, 5.74) is 0. The summed E-state index contributed by atoms with van der Waals surface area (Å²) in [5.74, 6) is 2.80. The van der Waals surface area contributed by atoms with Crippen LogP contribution in [0.5, 0.6) is 0 Å². The molecule has 0 spiro atoms. The van der Waals surface area contributed by atoms with Crippen LogP contribution in [0.4, 0.5) is 0 Å². The topological polar surface area (TPSA) is 0 Å². The van der Waals surface area contributed by atoms with Crippen LogP contribution in [-0.2, 0) is 0 Å². The Hall–Kier alpha value is 0.700. The molecule has 1 fully saturated rings. The zero-order chi connectivity index (χ0) is 7.23. The van der Waals surface area contributed by atoms with Crippen molar-refractivity contribution in [2.24, 2.45) is 0 Å². The van der Waals surface area contributed by atoms with Gasteiger partial charge in [0.05, 0.1) is 4.58 Å². The van der Waals surface area contributed by atoms with E-state index >= 15 is 0 Å². The van der Waals surface area contributed by atoms with Crippen LogP contribution in [0, 0.1) is 0 Å². The Bertz CT molecular complexity index is 75.3. The summed E-state index contributed by atoms with van der Waals surface area (Å²) in [4.78, 5) is 0. The molecule has 0 N–H and O–H groups in total. The Labute approximate surface area is 72.5 Å². The Kier molecular flexibility index (Phi) is 4.72. The fourth-order valence-electron chi connectivity index (χ4n) is 1.08. The van der Waals surface area contributed by atoms with E-state index in [0.29, 0.717) is 0 Å². The molecular formula is C8H16S2. The Balaban J connectivity index is 2.15. The van der Waals surface area contributed by atoms with Gasteiger partial charge in [-0.05, 0) is 30.8 Å². The molecule has 0 unspecified atom stereocenters. The third kappa shape index (κ3) is 3.20. The molecule has 0 aromatic heterocycles. The highest BCUT2D eigenvalue weighted by Gasteiger charge is 2.10. The van der Waals surface area contributed by atoms with Gasteiger partial charge in [0, 0.05) is 0 Å². The zero-order valence-electron chi connectivity index (χ0n) is 6.64. The third-order valence-electron chi connectivity index (χ3n) is 1.67. The minimum Gasteiger partial charge on any atom is -0.148 e. The normalized spacial score (nSPS) is 22.5. The lowest BCUT2D eigenvalue weighted by atomic mass is 10.4. The number of rotatable bonds is 2. The first-order valence-corrected chi connectivity index (χ1v) is 6.26. The number of hydrogen-bond donors (Lipinski definition) is 0. The third-order valence-corrected chi connectivity index (χ3v) is 4.75. The van der Waals surface area contributed by atoms with Crippen molar-refractivity contribution in [2.45, 2.75) is 37.2 Å². The first-order chi connectivity index (χ1) is 4.93. The molecule has 0 saturated carbocycles. The van der Waals surface area contributed by atoms with E-state index < -0.39 is 0 Å². The summed E-state index contributed by atoms with van der Waals surface area (Å²) in [6.07, 6.45) is 5.65. The van der Waals surface area contributed by atoms with Gasteiger partial charge in [0.2, 0.25) is 0 Å². The van der Waals surface area contributed by atoms with Gasteiger partial charge in [-0.15, -0.1) is 23.5 Å². The summed E-state index contributed by atoms with van der Waals surface area (Å²) in [5, 5.41) is 0. The Morgan fingerprint density at radius 2 is 1.80 bits per heavy atom. The van der Waals surface area contributed by atoms with Crippen LogP contribution in [0.15, 0.2) is 0 Å². The highest BCUT2D eigenvalue weighted by Crippen LogP contribution is 2.32. The van der Waals surface area contributed by atoms with Gasteiger partial charge in [-0.3, -0.25) is 0 Å². The van der Waals surface area contributed by atoms with Crippen LogP contribution in [0.2, 0.25) is 0 Å². The Morgan fingerprint density at radius 1 is 1.20 bits per heavy atom. The van der Waals surface area contributed by atoms with Gasteiger partial charge in [-0.25, -0.2) is 0 Å². The minimum atomic E-state index is 0.924. The molecule has 1 rings (SSSR count). The maximum Gasteiger partial charge on any atom is 0.0502 e. The van der Waals surface area contributed by atoms with Crippen LogP contribution in [-0.4, -0.2) is 16.1 Å². The van der Waals surface area contributed by atoms with Crippen molar-refractivity contribution < 1.29 is 0 Å². The molecule has 0 atom stereocenters. The molecule has 1 saturated heterocycles. The van der Waals surface area contributed by atoms with Crippen molar-refractivity contribution >= 4 is 23.5 Å². The molecule has 1 aliphatic rings. The highest BCUT2D eigenvalue weighted by molar-refractivity contribution is 8.17. The molecule has 0 nitrogen and oxygen atoms in total. The first kappa shape index (κ1) is 8.79. The molecular weight excluding hydrogens is 160 g/mol. The first-order valence-electron chi connectivity index (χ1n) is 4.16. The fraction of sp³-hybridized carbons (Fsp3) is 1.00. The smallest absolute Gasteiger partial charge is 0.0502 e. The fourth-order valence-corrected chi connectivity index (χ4v) is 4.12. The summed E-state index contributed by atoms with van der Waals surface area (Å²) in [6, 6.07) is 0. The van der Waals surface area contributed by atoms with Crippen LogP contribution in [0.25, 0.3) is 0 Å². The maximum atomic E-state index is 2.28.